The summed E-state index contributed by atoms with van der Waals surface area (Å²) in [5, 5.41) is 3.91. The molecule has 5 nitrogen and oxygen atoms in total. The first-order valence-electron chi connectivity index (χ1n) is 5.67. The number of fused-ring (bicyclic) bond motifs is 1. The standard InChI is InChI=1S/C12H10ClIN4O/c1-7-15-11(17-19-7)6-18-10-3-2-8(14)4-9(10)16-12(18)5-13/h2-4H,5-6H2,1H3. The minimum atomic E-state index is 0.349. The first kappa shape index (κ1) is 12.9. The number of aromatic nitrogens is 4. The molecule has 0 aliphatic carbocycles. The largest absolute Gasteiger partial charge is 0.340 e. The molecule has 0 unspecified atom stereocenters. The number of hydrogen-bond donors (Lipinski definition) is 0. The van der Waals surface area contributed by atoms with Gasteiger partial charge in [0.2, 0.25) is 5.89 Å². The first-order chi connectivity index (χ1) is 9.17. The molecule has 0 atom stereocenters. The third-order valence-corrected chi connectivity index (χ3v) is 3.69. The van der Waals surface area contributed by atoms with Crippen LogP contribution in [0.15, 0.2) is 22.7 Å². The van der Waals surface area contributed by atoms with Crippen LogP contribution in [0.4, 0.5) is 0 Å². The van der Waals surface area contributed by atoms with Gasteiger partial charge >= 0.3 is 0 Å². The molecule has 98 valence electrons. The lowest BCUT2D eigenvalue weighted by atomic mass is 10.3. The molecule has 0 bridgehead atoms. The summed E-state index contributed by atoms with van der Waals surface area (Å²) in [4.78, 5) is 8.75. The molecule has 0 N–H and O–H groups in total. The van der Waals surface area contributed by atoms with E-state index in [4.69, 9.17) is 16.1 Å². The lowest BCUT2D eigenvalue weighted by molar-refractivity contribution is 0.386. The second-order valence-electron chi connectivity index (χ2n) is 4.11. The van der Waals surface area contributed by atoms with Crippen LogP contribution in [0.25, 0.3) is 11.0 Å². The average Bonchev–Trinajstić information content (AvgIpc) is 2.94. The highest BCUT2D eigenvalue weighted by atomic mass is 127. The second-order valence-corrected chi connectivity index (χ2v) is 5.62. The fourth-order valence-electron chi connectivity index (χ4n) is 1.98. The van der Waals surface area contributed by atoms with Crippen LogP contribution in [0.3, 0.4) is 0 Å². The van der Waals surface area contributed by atoms with Crippen molar-refractivity contribution in [2.45, 2.75) is 19.3 Å². The number of benzene rings is 1. The van der Waals surface area contributed by atoms with Crippen LogP contribution >= 0.6 is 34.2 Å². The van der Waals surface area contributed by atoms with Gasteiger partial charge in [0.25, 0.3) is 0 Å². The maximum absolute atomic E-state index is 5.97. The van der Waals surface area contributed by atoms with Crippen molar-refractivity contribution in [2.24, 2.45) is 0 Å². The fourth-order valence-corrected chi connectivity index (χ4v) is 2.66. The van der Waals surface area contributed by atoms with Gasteiger partial charge in [0.05, 0.1) is 23.5 Å². The lowest BCUT2D eigenvalue weighted by Crippen LogP contribution is -2.05. The molecule has 0 aliphatic rings. The molecule has 1 aromatic carbocycles. The maximum atomic E-state index is 5.97. The summed E-state index contributed by atoms with van der Waals surface area (Å²) < 4.78 is 8.15. The van der Waals surface area contributed by atoms with E-state index >= 15 is 0 Å². The van der Waals surface area contributed by atoms with Gasteiger partial charge < -0.3 is 9.09 Å². The van der Waals surface area contributed by atoms with Gasteiger partial charge in [-0.3, -0.25) is 0 Å². The Hall–Kier alpha value is -1.15. The summed E-state index contributed by atoms with van der Waals surface area (Å²) in [6.45, 7) is 2.28. The molecule has 7 heteroatoms. The van der Waals surface area contributed by atoms with Crippen molar-refractivity contribution in [1.82, 2.24) is 19.7 Å². The molecular weight excluding hydrogens is 379 g/mol. The quantitative estimate of drug-likeness (QED) is 0.511. The third-order valence-electron chi connectivity index (χ3n) is 2.78. The normalized spacial score (nSPS) is 11.3. The molecule has 3 aromatic rings. The zero-order valence-corrected chi connectivity index (χ0v) is 13.0. The molecule has 0 radical (unpaired) electrons. The topological polar surface area (TPSA) is 56.7 Å². The van der Waals surface area contributed by atoms with Crippen LogP contribution in [0.5, 0.6) is 0 Å². The van der Waals surface area contributed by atoms with Gasteiger partial charge in [-0.05, 0) is 40.8 Å². The van der Waals surface area contributed by atoms with E-state index in [1.54, 1.807) is 6.92 Å². The van der Waals surface area contributed by atoms with E-state index in [0.29, 0.717) is 24.1 Å². The predicted octanol–water partition coefficient (Wildman–Crippen LogP) is 3.12. The van der Waals surface area contributed by atoms with Crippen molar-refractivity contribution in [3.05, 3.63) is 39.3 Å². The van der Waals surface area contributed by atoms with Crippen molar-refractivity contribution in [2.75, 3.05) is 0 Å². The molecule has 0 amide bonds. The molecule has 2 heterocycles. The fraction of sp³-hybridized carbons (Fsp3) is 0.250. The molecule has 3 rings (SSSR count). The van der Waals surface area contributed by atoms with Gasteiger partial charge in [-0.15, -0.1) is 11.6 Å². The first-order valence-corrected chi connectivity index (χ1v) is 7.28. The molecule has 0 fully saturated rings. The Balaban J connectivity index is 2.10. The minimum Gasteiger partial charge on any atom is -0.340 e. The van der Waals surface area contributed by atoms with Gasteiger partial charge in [0.1, 0.15) is 5.82 Å². The van der Waals surface area contributed by atoms with E-state index in [2.05, 4.69) is 37.7 Å². The Bertz CT molecular complexity index is 736. The lowest BCUT2D eigenvalue weighted by Gasteiger charge is -2.04. The van der Waals surface area contributed by atoms with Gasteiger partial charge in [0.15, 0.2) is 5.82 Å². The highest BCUT2D eigenvalue weighted by Gasteiger charge is 2.13. The number of halogens is 2. The Morgan fingerprint density at radius 1 is 1.37 bits per heavy atom. The number of aryl methyl sites for hydroxylation is 1. The maximum Gasteiger partial charge on any atom is 0.223 e. The number of hydrogen-bond acceptors (Lipinski definition) is 4. The van der Waals surface area contributed by atoms with Crippen LogP contribution < -0.4 is 0 Å². The summed E-state index contributed by atoms with van der Waals surface area (Å²) in [5.74, 6) is 2.34. The monoisotopic (exact) mass is 388 g/mol. The number of imidazole rings is 1. The summed E-state index contributed by atoms with van der Waals surface area (Å²) >= 11 is 8.23. The number of alkyl halides is 1. The van der Waals surface area contributed by atoms with Crippen molar-refractivity contribution in [3.8, 4) is 0 Å². The molecule has 0 saturated carbocycles. The number of nitrogens with zero attached hydrogens (tertiary/aromatic N) is 4. The van der Waals surface area contributed by atoms with Gasteiger partial charge in [-0.25, -0.2) is 4.98 Å². The van der Waals surface area contributed by atoms with E-state index in [-0.39, 0.29) is 0 Å². The summed E-state index contributed by atoms with van der Waals surface area (Å²) in [6, 6.07) is 6.11. The highest BCUT2D eigenvalue weighted by molar-refractivity contribution is 14.1. The van der Waals surface area contributed by atoms with Crippen LogP contribution in [0.1, 0.15) is 17.5 Å². The van der Waals surface area contributed by atoms with Crippen LogP contribution in [-0.4, -0.2) is 19.7 Å². The Kier molecular flexibility index (Phi) is 3.44. The predicted molar refractivity (Wildman–Crippen MR) is 80.1 cm³/mol. The van der Waals surface area contributed by atoms with Crippen molar-refractivity contribution >= 4 is 45.2 Å². The molecule has 19 heavy (non-hydrogen) atoms. The van der Waals surface area contributed by atoms with E-state index in [1.807, 2.05) is 22.8 Å². The van der Waals surface area contributed by atoms with Crippen LogP contribution in [0.2, 0.25) is 0 Å². The Morgan fingerprint density at radius 3 is 2.89 bits per heavy atom. The molecular formula is C12H10ClIN4O. The van der Waals surface area contributed by atoms with Crippen LogP contribution in [-0.2, 0) is 12.4 Å². The zero-order valence-electron chi connectivity index (χ0n) is 10.1. The van der Waals surface area contributed by atoms with E-state index < -0.39 is 0 Å². The van der Waals surface area contributed by atoms with E-state index in [9.17, 15) is 0 Å². The van der Waals surface area contributed by atoms with Gasteiger partial charge in [-0.1, -0.05) is 5.16 Å². The van der Waals surface area contributed by atoms with Crippen molar-refractivity contribution in [1.29, 1.82) is 0 Å². The Labute approximate surface area is 128 Å². The zero-order chi connectivity index (χ0) is 13.4. The van der Waals surface area contributed by atoms with Crippen molar-refractivity contribution < 1.29 is 4.52 Å². The summed E-state index contributed by atoms with van der Waals surface area (Å²) in [7, 11) is 0. The second kappa shape index (κ2) is 5.09. The van der Waals surface area contributed by atoms with E-state index in [0.717, 1.165) is 20.4 Å². The van der Waals surface area contributed by atoms with E-state index in [1.165, 1.54) is 0 Å². The highest BCUT2D eigenvalue weighted by Crippen LogP contribution is 2.21. The summed E-state index contributed by atoms with van der Waals surface area (Å²) in [6.07, 6.45) is 0. The molecule has 0 spiro atoms. The summed E-state index contributed by atoms with van der Waals surface area (Å²) in [5.41, 5.74) is 1.96. The minimum absolute atomic E-state index is 0.349. The smallest absolute Gasteiger partial charge is 0.223 e. The van der Waals surface area contributed by atoms with Gasteiger partial charge in [-0.2, -0.15) is 4.98 Å². The Morgan fingerprint density at radius 2 is 2.21 bits per heavy atom. The van der Waals surface area contributed by atoms with Crippen LogP contribution in [0, 0.1) is 10.5 Å². The van der Waals surface area contributed by atoms with Gasteiger partial charge in [0, 0.05) is 10.5 Å². The molecule has 0 saturated heterocycles. The number of rotatable bonds is 3. The average molecular weight is 389 g/mol. The molecule has 0 aliphatic heterocycles. The van der Waals surface area contributed by atoms with Crippen molar-refractivity contribution in [3.63, 3.8) is 0 Å². The molecule has 2 aromatic heterocycles. The SMILES string of the molecule is Cc1nc(Cn2c(CCl)nc3cc(I)ccc32)no1. The third kappa shape index (κ3) is 2.46.